The summed E-state index contributed by atoms with van der Waals surface area (Å²) in [4.78, 5) is 9.72. The Labute approximate surface area is 76.8 Å². The molecule has 0 bridgehead atoms. The molecule has 0 radical (unpaired) electrons. The highest BCUT2D eigenvalue weighted by Gasteiger charge is 1.94. The fraction of sp³-hybridized carbons (Fsp3) is 0.857. The second kappa shape index (κ2) is 8.31. The van der Waals surface area contributed by atoms with E-state index in [9.17, 15) is 4.79 Å². The minimum atomic E-state index is -0.370. The predicted octanol–water partition coefficient (Wildman–Crippen LogP) is 2.18. The van der Waals surface area contributed by atoms with Gasteiger partial charge in [0.2, 0.25) is 5.24 Å². The van der Waals surface area contributed by atoms with Crippen LogP contribution in [0.15, 0.2) is 0 Å². The van der Waals surface area contributed by atoms with Gasteiger partial charge in [0.25, 0.3) is 0 Å². The van der Waals surface area contributed by atoms with Gasteiger partial charge < -0.3 is 4.74 Å². The number of rotatable bonds is 2. The summed E-state index contributed by atoms with van der Waals surface area (Å²) in [5.41, 5.74) is 0. The Kier molecular flexibility index (Phi) is 8.47. The Morgan fingerprint density at radius 1 is 1.36 bits per heavy atom. The Morgan fingerprint density at radius 3 is 2.00 bits per heavy atom. The van der Waals surface area contributed by atoms with Crippen LogP contribution >= 0.6 is 23.2 Å². The molecule has 1 rings (SSSR count). The van der Waals surface area contributed by atoms with E-state index in [4.69, 9.17) is 27.9 Å². The zero-order chi connectivity index (χ0) is 8.53. The first-order valence-electron chi connectivity index (χ1n) is 3.59. The average Bonchev–Trinajstić information content (AvgIpc) is 2.41. The van der Waals surface area contributed by atoms with Crippen molar-refractivity contribution in [1.82, 2.24) is 0 Å². The fourth-order valence-electron chi connectivity index (χ4n) is 0.585. The van der Waals surface area contributed by atoms with E-state index in [1.165, 1.54) is 12.8 Å². The van der Waals surface area contributed by atoms with Gasteiger partial charge in [-0.3, -0.25) is 4.79 Å². The Balaban J connectivity index is 0.000000183. The molecule has 2 nitrogen and oxygen atoms in total. The van der Waals surface area contributed by atoms with Crippen LogP contribution in [-0.4, -0.2) is 24.3 Å². The van der Waals surface area contributed by atoms with Crippen molar-refractivity contribution in [3.63, 3.8) is 0 Å². The maximum absolute atomic E-state index is 9.72. The first-order valence-corrected chi connectivity index (χ1v) is 4.50. The van der Waals surface area contributed by atoms with E-state index >= 15 is 0 Å². The maximum atomic E-state index is 9.72. The highest BCUT2D eigenvalue weighted by Crippen LogP contribution is 1.98. The number of hydrogen-bond acceptors (Lipinski definition) is 2. The molecular weight excluding hydrogens is 187 g/mol. The standard InChI is InChI=1S/C4H8O.C3H4Cl2O/c1-2-4-5-3-1;4-2-1-3(5)6/h1-4H2;1-2H2. The quantitative estimate of drug-likeness (QED) is 0.503. The summed E-state index contributed by atoms with van der Waals surface area (Å²) in [5.74, 6) is 0.322. The van der Waals surface area contributed by atoms with Gasteiger partial charge in [-0.25, -0.2) is 0 Å². The van der Waals surface area contributed by atoms with Gasteiger partial charge in [0.15, 0.2) is 0 Å². The molecule has 1 heterocycles. The van der Waals surface area contributed by atoms with Gasteiger partial charge in [0.1, 0.15) is 0 Å². The van der Waals surface area contributed by atoms with Crippen molar-refractivity contribution in [2.75, 3.05) is 19.1 Å². The lowest BCUT2D eigenvalue weighted by Gasteiger charge is -1.76. The number of alkyl halides is 1. The van der Waals surface area contributed by atoms with Gasteiger partial charge in [-0.2, -0.15) is 0 Å². The second-order valence-electron chi connectivity index (χ2n) is 2.11. The summed E-state index contributed by atoms with van der Waals surface area (Å²) >= 11 is 9.95. The summed E-state index contributed by atoms with van der Waals surface area (Å²) < 4.78 is 4.94. The summed E-state index contributed by atoms with van der Waals surface area (Å²) in [6, 6.07) is 0. The molecule has 0 aromatic rings. The highest BCUT2D eigenvalue weighted by atomic mass is 35.5. The van der Waals surface area contributed by atoms with E-state index in [1.54, 1.807) is 0 Å². The van der Waals surface area contributed by atoms with E-state index in [2.05, 4.69) is 0 Å². The van der Waals surface area contributed by atoms with Crippen LogP contribution in [0.1, 0.15) is 19.3 Å². The maximum Gasteiger partial charge on any atom is 0.222 e. The van der Waals surface area contributed by atoms with Crippen molar-refractivity contribution < 1.29 is 9.53 Å². The molecule has 0 saturated carbocycles. The number of halogens is 2. The largest absolute Gasteiger partial charge is 0.381 e. The average molecular weight is 199 g/mol. The zero-order valence-corrected chi connectivity index (χ0v) is 7.83. The van der Waals surface area contributed by atoms with Gasteiger partial charge in [0.05, 0.1) is 0 Å². The van der Waals surface area contributed by atoms with Gasteiger partial charge in [-0.1, -0.05) is 0 Å². The molecule has 1 saturated heterocycles. The highest BCUT2D eigenvalue weighted by molar-refractivity contribution is 6.63. The van der Waals surface area contributed by atoms with Crippen LogP contribution in [0.25, 0.3) is 0 Å². The fourth-order valence-corrected chi connectivity index (χ4v) is 0.947. The molecule has 0 unspecified atom stereocenters. The molecule has 0 aliphatic carbocycles. The third-order valence-corrected chi connectivity index (χ3v) is 1.50. The van der Waals surface area contributed by atoms with E-state index in [1.807, 2.05) is 0 Å². The summed E-state index contributed by atoms with van der Waals surface area (Å²) in [7, 11) is 0. The molecule has 0 aromatic heterocycles. The van der Waals surface area contributed by atoms with E-state index < -0.39 is 0 Å². The van der Waals surface area contributed by atoms with E-state index in [0.717, 1.165) is 13.2 Å². The molecule has 0 aromatic carbocycles. The zero-order valence-electron chi connectivity index (χ0n) is 6.32. The van der Waals surface area contributed by atoms with Crippen molar-refractivity contribution in [1.29, 1.82) is 0 Å². The summed E-state index contributed by atoms with van der Waals surface area (Å²) in [6.45, 7) is 2.00. The smallest absolute Gasteiger partial charge is 0.222 e. The molecule has 0 atom stereocenters. The van der Waals surface area contributed by atoms with E-state index in [0.29, 0.717) is 5.88 Å². The third kappa shape index (κ3) is 10.2. The van der Waals surface area contributed by atoms with E-state index in [-0.39, 0.29) is 11.7 Å². The summed E-state index contributed by atoms with van der Waals surface area (Å²) in [5, 5.41) is -0.370. The molecule has 0 spiro atoms. The number of carbonyl (C=O) groups excluding carboxylic acids is 1. The first-order chi connectivity index (χ1) is 5.27. The van der Waals surface area contributed by atoms with Crippen molar-refractivity contribution in [3.05, 3.63) is 0 Å². The van der Waals surface area contributed by atoms with Crippen molar-refractivity contribution in [2.45, 2.75) is 19.3 Å². The lowest BCUT2D eigenvalue weighted by molar-refractivity contribution is -0.111. The molecular formula is C7H12Cl2O2. The topological polar surface area (TPSA) is 26.3 Å². The van der Waals surface area contributed by atoms with Crippen LogP contribution in [0.4, 0.5) is 0 Å². The second-order valence-corrected chi connectivity index (χ2v) is 2.91. The molecule has 1 aliphatic rings. The minimum absolute atomic E-state index is 0.267. The van der Waals surface area contributed by atoms with Crippen molar-refractivity contribution in [3.8, 4) is 0 Å². The van der Waals surface area contributed by atoms with Crippen LogP contribution in [0.5, 0.6) is 0 Å². The molecule has 0 amide bonds. The van der Waals surface area contributed by atoms with Gasteiger partial charge in [-0.15, -0.1) is 11.6 Å². The van der Waals surface area contributed by atoms with Crippen molar-refractivity contribution >= 4 is 28.4 Å². The predicted molar refractivity (Wildman–Crippen MR) is 46.3 cm³/mol. The van der Waals surface area contributed by atoms with Gasteiger partial charge in [0, 0.05) is 25.5 Å². The van der Waals surface area contributed by atoms with Crippen LogP contribution in [-0.2, 0) is 9.53 Å². The van der Waals surface area contributed by atoms with Crippen LogP contribution in [0, 0.1) is 0 Å². The molecule has 66 valence electrons. The molecule has 11 heavy (non-hydrogen) atoms. The Bertz CT molecular complexity index is 95.0. The first kappa shape index (κ1) is 11.2. The molecule has 4 heteroatoms. The third-order valence-electron chi connectivity index (χ3n) is 1.12. The lowest BCUT2D eigenvalue weighted by Crippen LogP contribution is -1.83. The Hall–Kier alpha value is 0.210. The van der Waals surface area contributed by atoms with Gasteiger partial charge in [-0.05, 0) is 24.4 Å². The van der Waals surface area contributed by atoms with Crippen LogP contribution < -0.4 is 0 Å². The lowest BCUT2D eigenvalue weighted by atomic mass is 10.4. The molecule has 1 aliphatic heterocycles. The molecule has 1 fully saturated rings. The normalized spacial score (nSPS) is 15.5. The number of carbonyl (C=O) groups is 1. The minimum Gasteiger partial charge on any atom is -0.381 e. The van der Waals surface area contributed by atoms with Crippen LogP contribution in [0.2, 0.25) is 0 Å². The monoisotopic (exact) mass is 198 g/mol. The molecule has 0 N–H and O–H groups in total. The van der Waals surface area contributed by atoms with Crippen LogP contribution in [0.3, 0.4) is 0 Å². The number of ether oxygens (including phenoxy) is 1. The SMILES string of the molecule is C1CCOC1.O=C(Cl)CCCl. The number of hydrogen-bond donors (Lipinski definition) is 0. The van der Waals surface area contributed by atoms with Crippen molar-refractivity contribution in [2.24, 2.45) is 0 Å². The van der Waals surface area contributed by atoms with Gasteiger partial charge >= 0.3 is 0 Å². The summed E-state index contributed by atoms with van der Waals surface area (Å²) in [6.07, 6.45) is 2.82. The Morgan fingerprint density at radius 2 is 1.91 bits per heavy atom.